The molecule has 1 heterocycles. The first-order valence-corrected chi connectivity index (χ1v) is 7.97. The van der Waals surface area contributed by atoms with Crippen molar-refractivity contribution >= 4 is 23.5 Å². The number of nitrogens with one attached hydrogen (secondary N) is 1. The average molecular weight is 390 g/mol. The largest absolute Gasteiger partial charge is 0.480 e. The summed E-state index contributed by atoms with van der Waals surface area (Å²) in [5.41, 5.74) is -1.99. The number of carboxylic acid groups (broad SMARTS) is 1. The highest BCUT2D eigenvalue weighted by Gasteiger charge is 2.41. The summed E-state index contributed by atoms with van der Waals surface area (Å²) < 4.78 is 41.2. The van der Waals surface area contributed by atoms with Gasteiger partial charge in [0.05, 0.1) is 17.4 Å². The zero-order chi connectivity index (χ0) is 19.5. The summed E-state index contributed by atoms with van der Waals surface area (Å²) in [7, 11) is 0. The van der Waals surface area contributed by atoms with Crippen LogP contribution in [-0.4, -0.2) is 32.8 Å². The van der Waals surface area contributed by atoms with Gasteiger partial charge in [0.1, 0.15) is 6.04 Å². The zero-order valence-corrected chi connectivity index (χ0v) is 14.3. The van der Waals surface area contributed by atoms with E-state index in [1.54, 1.807) is 6.92 Å². The van der Waals surface area contributed by atoms with Crippen molar-refractivity contribution in [3.05, 3.63) is 46.7 Å². The lowest BCUT2D eigenvalue weighted by Gasteiger charge is -2.15. The van der Waals surface area contributed by atoms with Crippen LogP contribution in [0, 0.1) is 0 Å². The molecule has 6 nitrogen and oxygen atoms in total. The van der Waals surface area contributed by atoms with Crippen molar-refractivity contribution in [2.24, 2.45) is 0 Å². The van der Waals surface area contributed by atoms with E-state index in [4.69, 9.17) is 16.7 Å². The summed E-state index contributed by atoms with van der Waals surface area (Å²) in [6.07, 6.45) is -3.59. The van der Waals surface area contributed by atoms with Gasteiger partial charge in [0, 0.05) is 5.02 Å². The summed E-state index contributed by atoms with van der Waals surface area (Å²) in [5, 5.41) is 15.2. The van der Waals surface area contributed by atoms with Gasteiger partial charge in [0.15, 0.2) is 5.69 Å². The molecule has 140 valence electrons. The van der Waals surface area contributed by atoms with Crippen LogP contribution >= 0.6 is 11.6 Å². The molecule has 0 aliphatic heterocycles. The lowest BCUT2D eigenvalue weighted by molar-refractivity contribution is -0.143. The molecule has 1 aromatic heterocycles. The second kappa shape index (κ2) is 7.77. The standard InChI is InChI=1S/C16H15ClF3N3O3/c1-2-3-12(15(25)26)22-14(24)11-8-21-23(13(11)16(18,19)20)10-6-4-9(17)5-7-10/h4-8,12H,2-3H2,1H3,(H,22,24)(H,25,26). The van der Waals surface area contributed by atoms with Gasteiger partial charge in [-0.3, -0.25) is 4.79 Å². The van der Waals surface area contributed by atoms with Crippen LogP contribution in [0.15, 0.2) is 30.5 Å². The van der Waals surface area contributed by atoms with E-state index in [9.17, 15) is 22.8 Å². The Morgan fingerprint density at radius 2 is 1.92 bits per heavy atom. The average Bonchev–Trinajstić information content (AvgIpc) is 3.00. The minimum atomic E-state index is -4.88. The van der Waals surface area contributed by atoms with Gasteiger partial charge < -0.3 is 10.4 Å². The highest BCUT2D eigenvalue weighted by Crippen LogP contribution is 2.34. The van der Waals surface area contributed by atoms with E-state index < -0.39 is 35.4 Å². The topological polar surface area (TPSA) is 84.2 Å². The highest BCUT2D eigenvalue weighted by atomic mass is 35.5. The van der Waals surface area contributed by atoms with Crippen molar-refractivity contribution in [3.8, 4) is 5.69 Å². The number of carboxylic acids is 1. The van der Waals surface area contributed by atoms with Gasteiger partial charge in [0.25, 0.3) is 5.91 Å². The molecule has 1 unspecified atom stereocenters. The number of aliphatic carboxylic acids is 1. The number of hydrogen-bond acceptors (Lipinski definition) is 3. The van der Waals surface area contributed by atoms with Crippen LogP contribution in [0.25, 0.3) is 5.69 Å². The molecule has 0 bridgehead atoms. The Balaban J connectivity index is 2.44. The minimum Gasteiger partial charge on any atom is -0.480 e. The fourth-order valence-corrected chi connectivity index (χ4v) is 2.47. The summed E-state index contributed by atoms with van der Waals surface area (Å²) in [4.78, 5) is 23.4. The van der Waals surface area contributed by atoms with E-state index >= 15 is 0 Å². The predicted octanol–water partition coefficient (Wildman–Crippen LogP) is 3.53. The number of amides is 1. The summed E-state index contributed by atoms with van der Waals surface area (Å²) in [6.45, 7) is 1.70. The van der Waals surface area contributed by atoms with Crippen molar-refractivity contribution < 1.29 is 27.9 Å². The monoisotopic (exact) mass is 389 g/mol. The molecule has 0 saturated carbocycles. The van der Waals surface area contributed by atoms with Crippen LogP contribution in [0.4, 0.5) is 13.2 Å². The molecule has 0 saturated heterocycles. The molecule has 2 rings (SSSR count). The lowest BCUT2D eigenvalue weighted by Crippen LogP contribution is -2.41. The number of benzene rings is 1. The molecule has 26 heavy (non-hydrogen) atoms. The number of alkyl halides is 3. The second-order valence-corrected chi connectivity index (χ2v) is 5.88. The number of halogens is 4. The van der Waals surface area contributed by atoms with E-state index in [0.717, 1.165) is 6.20 Å². The summed E-state index contributed by atoms with van der Waals surface area (Å²) >= 11 is 5.73. The molecule has 0 aliphatic carbocycles. The van der Waals surface area contributed by atoms with E-state index in [-0.39, 0.29) is 12.1 Å². The number of hydrogen-bond donors (Lipinski definition) is 2. The van der Waals surface area contributed by atoms with Gasteiger partial charge in [-0.25, -0.2) is 9.48 Å². The SMILES string of the molecule is CCCC(NC(=O)c1cnn(-c2ccc(Cl)cc2)c1C(F)(F)F)C(=O)O. The fraction of sp³-hybridized carbons (Fsp3) is 0.312. The lowest BCUT2D eigenvalue weighted by atomic mass is 10.1. The normalized spacial score (nSPS) is 12.7. The molecule has 0 spiro atoms. The van der Waals surface area contributed by atoms with E-state index in [2.05, 4.69) is 10.4 Å². The maximum atomic E-state index is 13.5. The van der Waals surface area contributed by atoms with Crippen molar-refractivity contribution in [1.82, 2.24) is 15.1 Å². The number of carbonyl (C=O) groups is 2. The van der Waals surface area contributed by atoms with Crippen molar-refractivity contribution in [2.45, 2.75) is 32.0 Å². The summed E-state index contributed by atoms with van der Waals surface area (Å²) in [5.74, 6) is -2.47. The Morgan fingerprint density at radius 1 is 1.31 bits per heavy atom. The first kappa shape index (κ1) is 19.8. The van der Waals surface area contributed by atoms with E-state index in [1.807, 2.05) is 0 Å². The van der Waals surface area contributed by atoms with Gasteiger partial charge in [-0.05, 0) is 30.7 Å². The third kappa shape index (κ3) is 4.34. The van der Waals surface area contributed by atoms with Gasteiger partial charge in [-0.1, -0.05) is 24.9 Å². The van der Waals surface area contributed by atoms with E-state index in [1.165, 1.54) is 24.3 Å². The number of nitrogens with zero attached hydrogens (tertiary/aromatic N) is 2. The van der Waals surface area contributed by atoms with Crippen LogP contribution in [0.1, 0.15) is 35.8 Å². The van der Waals surface area contributed by atoms with Gasteiger partial charge in [0.2, 0.25) is 0 Å². The van der Waals surface area contributed by atoms with Crippen molar-refractivity contribution in [1.29, 1.82) is 0 Å². The van der Waals surface area contributed by atoms with Crippen LogP contribution < -0.4 is 5.32 Å². The minimum absolute atomic E-state index is 0.0594. The van der Waals surface area contributed by atoms with Gasteiger partial charge in [-0.2, -0.15) is 18.3 Å². The van der Waals surface area contributed by atoms with Gasteiger partial charge in [-0.15, -0.1) is 0 Å². The molecular formula is C16H15ClF3N3O3. The molecular weight excluding hydrogens is 375 g/mol. The fourth-order valence-electron chi connectivity index (χ4n) is 2.35. The van der Waals surface area contributed by atoms with Gasteiger partial charge >= 0.3 is 12.1 Å². The highest BCUT2D eigenvalue weighted by molar-refractivity contribution is 6.30. The Labute approximate surface area is 151 Å². The molecule has 0 radical (unpaired) electrons. The summed E-state index contributed by atoms with van der Waals surface area (Å²) in [6, 6.07) is 4.14. The number of carbonyl (C=O) groups excluding carboxylic acids is 1. The van der Waals surface area contributed by atoms with Crippen LogP contribution in [0.2, 0.25) is 5.02 Å². The second-order valence-electron chi connectivity index (χ2n) is 5.45. The van der Waals surface area contributed by atoms with Crippen molar-refractivity contribution in [3.63, 3.8) is 0 Å². The third-order valence-electron chi connectivity index (χ3n) is 3.53. The Kier molecular flexibility index (Phi) is 5.91. The smallest absolute Gasteiger partial charge is 0.434 e. The first-order chi connectivity index (χ1) is 12.1. The molecule has 2 N–H and O–H groups in total. The first-order valence-electron chi connectivity index (χ1n) is 7.60. The molecule has 0 aliphatic rings. The maximum Gasteiger partial charge on any atom is 0.434 e. The van der Waals surface area contributed by atoms with Crippen LogP contribution in [0.5, 0.6) is 0 Å². The quantitative estimate of drug-likeness (QED) is 0.791. The van der Waals surface area contributed by atoms with Crippen LogP contribution in [0.3, 0.4) is 0 Å². The molecule has 2 aromatic rings. The molecule has 10 heteroatoms. The van der Waals surface area contributed by atoms with Crippen LogP contribution in [-0.2, 0) is 11.0 Å². The Morgan fingerprint density at radius 3 is 2.42 bits per heavy atom. The Hall–Kier alpha value is -2.55. The maximum absolute atomic E-state index is 13.5. The van der Waals surface area contributed by atoms with Crippen molar-refractivity contribution in [2.75, 3.05) is 0 Å². The molecule has 0 fully saturated rings. The molecule has 1 amide bonds. The molecule has 1 aromatic carbocycles. The Bertz CT molecular complexity index is 803. The molecule has 1 atom stereocenters. The van der Waals surface area contributed by atoms with E-state index in [0.29, 0.717) is 16.1 Å². The zero-order valence-electron chi connectivity index (χ0n) is 13.5. The number of rotatable bonds is 6. The predicted molar refractivity (Wildman–Crippen MR) is 87.4 cm³/mol. The number of aromatic nitrogens is 2. The third-order valence-corrected chi connectivity index (χ3v) is 3.79.